The number of carbonyl (C=O) groups is 3. The van der Waals surface area contributed by atoms with Gasteiger partial charge in [0.05, 0.1) is 0 Å². The van der Waals surface area contributed by atoms with Crippen LogP contribution in [0, 0.1) is 0 Å². The molecule has 2 amide bonds. The maximum atomic E-state index is 11.8. The van der Waals surface area contributed by atoms with E-state index in [4.69, 9.17) is 4.74 Å². The Morgan fingerprint density at radius 2 is 1.00 bits per heavy atom. The molecule has 0 aromatic heterocycles. The molecule has 0 bridgehead atoms. The van der Waals surface area contributed by atoms with E-state index in [1.165, 1.54) is 90.9 Å². The van der Waals surface area contributed by atoms with Crippen molar-refractivity contribution >= 4 is 17.8 Å². The average Bonchev–Trinajstić information content (AvgIpc) is 2.68. The molecule has 0 atom stereocenters. The summed E-state index contributed by atoms with van der Waals surface area (Å²) in [5.41, 5.74) is 0. The quantitative estimate of drug-likeness (QED) is 0.155. The first-order chi connectivity index (χ1) is 14.5. The maximum Gasteiger partial charge on any atom is 0.305 e. The van der Waals surface area contributed by atoms with Crippen molar-refractivity contribution in [2.75, 3.05) is 6.61 Å². The SMILES string of the molecule is CCCCCCCCCCCCCCCCCC(=O)OCC(NC(C)=O)NC(C)=O. The van der Waals surface area contributed by atoms with E-state index >= 15 is 0 Å². The Morgan fingerprint density at radius 3 is 1.37 bits per heavy atom. The van der Waals surface area contributed by atoms with Crippen LogP contribution in [0.15, 0.2) is 0 Å². The smallest absolute Gasteiger partial charge is 0.305 e. The standard InChI is InChI=1S/C24H46N2O4/c1-4-5-6-7-8-9-10-11-12-13-14-15-16-17-18-19-24(29)30-20-23(25-21(2)27)26-22(3)28/h23H,4-20H2,1-3H3,(H,25,27)(H,26,28). The Hall–Kier alpha value is -1.59. The molecule has 0 spiro atoms. The summed E-state index contributed by atoms with van der Waals surface area (Å²) in [5, 5.41) is 5.08. The highest BCUT2D eigenvalue weighted by Crippen LogP contribution is 2.13. The fourth-order valence-corrected chi connectivity index (χ4v) is 3.50. The van der Waals surface area contributed by atoms with Crippen LogP contribution >= 0.6 is 0 Å². The van der Waals surface area contributed by atoms with E-state index in [0.717, 1.165) is 19.3 Å². The molecule has 176 valence electrons. The summed E-state index contributed by atoms with van der Waals surface area (Å²) in [4.78, 5) is 34.0. The van der Waals surface area contributed by atoms with Gasteiger partial charge in [-0.05, 0) is 6.42 Å². The van der Waals surface area contributed by atoms with E-state index in [-0.39, 0.29) is 24.4 Å². The van der Waals surface area contributed by atoms with Crippen LogP contribution in [0.2, 0.25) is 0 Å². The third-order valence-electron chi connectivity index (χ3n) is 5.15. The number of unbranched alkanes of at least 4 members (excludes halogenated alkanes) is 14. The fourth-order valence-electron chi connectivity index (χ4n) is 3.50. The van der Waals surface area contributed by atoms with Gasteiger partial charge < -0.3 is 15.4 Å². The molecular weight excluding hydrogens is 380 g/mol. The number of nitrogens with one attached hydrogen (secondary N) is 2. The third kappa shape index (κ3) is 21.1. The monoisotopic (exact) mass is 426 g/mol. The molecule has 30 heavy (non-hydrogen) atoms. The molecule has 6 heteroatoms. The number of esters is 1. The minimum atomic E-state index is -0.676. The predicted octanol–water partition coefficient (Wildman–Crippen LogP) is 5.39. The van der Waals surface area contributed by atoms with Crippen LogP contribution in [0.3, 0.4) is 0 Å². The lowest BCUT2D eigenvalue weighted by Crippen LogP contribution is -2.49. The summed E-state index contributed by atoms with van der Waals surface area (Å²) < 4.78 is 5.16. The number of carbonyl (C=O) groups excluding carboxylic acids is 3. The molecular formula is C24H46N2O4. The zero-order valence-electron chi connectivity index (χ0n) is 19.7. The molecule has 0 heterocycles. The van der Waals surface area contributed by atoms with Gasteiger partial charge in [0.15, 0.2) is 0 Å². The lowest BCUT2D eigenvalue weighted by atomic mass is 10.0. The normalized spacial score (nSPS) is 10.8. The van der Waals surface area contributed by atoms with Crippen molar-refractivity contribution < 1.29 is 19.1 Å². The van der Waals surface area contributed by atoms with Gasteiger partial charge in [-0.3, -0.25) is 14.4 Å². The molecule has 0 saturated carbocycles. The van der Waals surface area contributed by atoms with Crippen LogP contribution in [-0.4, -0.2) is 30.6 Å². The summed E-state index contributed by atoms with van der Waals surface area (Å²) in [7, 11) is 0. The van der Waals surface area contributed by atoms with E-state index in [0.29, 0.717) is 6.42 Å². The van der Waals surface area contributed by atoms with Gasteiger partial charge in [-0.25, -0.2) is 0 Å². The molecule has 0 aliphatic rings. The molecule has 2 N–H and O–H groups in total. The molecule has 0 aromatic rings. The summed E-state index contributed by atoms with van der Waals surface area (Å²) in [6.07, 6.45) is 19.0. The fraction of sp³-hybridized carbons (Fsp3) is 0.875. The highest BCUT2D eigenvalue weighted by molar-refractivity contribution is 5.76. The van der Waals surface area contributed by atoms with Crippen molar-refractivity contribution in [3.05, 3.63) is 0 Å². The number of hydrogen-bond donors (Lipinski definition) is 2. The van der Waals surface area contributed by atoms with Gasteiger partial charge in [-0.15, -0.1) is 0 Å². The van der Waals surface area contributed by atoms with E-state index in [1.807, 2.05) is 0 Å². The molecule has 0 unspecified atom stereocenters. The van der Waals surface area contributed by atoms with Gasteiger partial charge in [0.25, 0.3) is 0 Å². The Morgan fingerprint density at radius 1 is 0.633 bits per heavy atom. The number of amides is 2. The van der Waals surface area contributed by atoms with Crippen LogP contribution < -0.4 is 10.6 Å². The van der Waals surface area contributed by atoms with Crippen molar-refractivity contribution in [2.24, 2.45) is 0 Å². The first-order valence-electron chi connectivity index (χ1n) is 12.2. The topological polar surface area (TPSA) is 84.5 Å². The van der Waals surface area contributed by atoms with Crippen LogP contribution in [0.25, 0.3) is 0 Å². The summed E-state index contributed by atoms with van der Waals surface area (Å²) >= 11 is 0. The van der Waals surface area contributed by atoms with E-state index in [1.54, 1.807) is 0 Å². The Labute approximate surface area is 184 Å². The second-order valence-corrected chi connectivity index (χ2v) is 8.34. The summed E-state index contributed by atoms with van der Waals surface area (Å²) in [6.45, 7) is 4.92. The van der Waals surface area contributed by atoms with Crippen molar-refractivity contribution in [1.29, 1.82) is 0 Å². The molecule has 0 saturated heterocycles. The minimum Gasteiger partial charge on any atom is -0.461 e. The van der Waals surface area contributed by atoms with E-state index < -0.39 is 6.17 Å². The highest BCUT2D eigenvalue weighted by atomic mass is 16.5. The maximum absolute atomic E-state index is 11.8. The van der Waals surface area contributed by atoms with Crippen LogP contribution in [0.5, 0.6) is 0 Å². The molecule has 0 aliphatic carbocycles. The van der Waals surface area contributed by atoms with E-state index in [9.17, 15) is 14.4 Å². The summed E-state index contributed by atoms with van der Waals surface area (Å²) in [5.74, 6) is -0.857. The van der Waals surface area contributed by atoms with Gasteiger partial charge in [0, 0.05) is 20.3 Å². The van der Waals surface area contributed by atoms with Crippen molar-refractivity contribution in [2.45, 2.75) is 130 Å². The largest absolute Gasteiger partial charge is 0.461 e. The second kappa shape index (κ2) is 20.7. The van der Waals surface area contributed by atoms with Crippen LogP contribution in [0.4, 0.5) is 0 Å². The number of ether oxygens (including phenoxy) is 1. The molecule has 0 radical (unpaired) electrons. The number of hydrogen-bond acceptors (Lipinski definition) is 4. The minimum absolute atomic E-state index is 0.0449. The molecule has 0 rings (SSSR count). The second-order valence-electron chi connectivity index (χ2n) is 8.34. The van der Waals surface area contributed by atoms with Gasteiger partial charge >= 0.3 is 5.97 Å². The van der Waals surface area contributed by atoms with Crippen LogP contribution in [0.1, 0.15) is 124 Å². The van der Waals surface area contributed by atoms with Gasteiger partial charge in [-0.2, -0.15) is 0 Å². The van der Waals surface area contributed by atoms with Crippen molar-refractivity contribution in [1.82, 2.24) is 10.6 Å². The van der Waals surface area contributed by atoms with Gasteiger partial charge in [-0.1, -0.05) is 96.8 Å². The van der Waals surface area contributed by atoms with Gasteiger partial charge in [0.2, 0.25) is 11.8 Å². The zero-order chi connectivity index (χ0) is 22.5. The predicted molar refractivity (Wildman–Crippen MR) is 122 cm³/mol. The average molecular weight is 427 g/mol. The lowest BCUT2D eigenvalue weighted by molar-refractivity contribution is -0.146. The Bertz CT molecular complexity index is 438. The van der Waals surface area contributed by atoms with E-state index in [2.05, 4.69) is 17.6 Å². The lowest BCUT2D eigenvalue weighted by Gasteiger charge is -2.18. The Kier molecular flexibility index (Phi) is 19.6. The molecule has 0 aliphatic heterocycles. The van der Waals surface area contributed by atoms with Crippen LogP contribution in [-0.2, 0) is 19.1 Å². The van der Waals surface area contributed by atoms with Gasteiger partial charge in [0.1, 0.15) is 12.8 Å². The highest BCUT2D eigenvalue weighted by Gasteiger charge is 2.13. The molecule has 6 nitrogen and oxygen atoms in total. The first-order valence-corrected chi connectivity index (χ1v) is 12.2. The Balaban J connectivity index is 3.45. The number of rotatable bonds is 20. The molecule has 0 aromatic carbocycles. The first kappa shape index (κ1) is 28.4. The van der Waals surface area contributed by atoms with Crippen molar-refractivity contribution in [3.8, 4) is 0 Å². The van der Waals surface area contributed by atoms with Crippen molar-refractivity contribution in [3.63, 3.8) is 0 Å². The third-order valence-corrected chi connectivity index (χ3v) is 5.15. The molecule has 0 fully saturated rings. The summed E-state index contributed by atoms with van der Waals surface area (Å²) in [6, 6.07) is 0. The zero-order valence-corrected chi connectivity index (χ0v) is 19.7.